The highest BCUT2D eigenvalue weighted by Crippen LogP contribution is 2.40. The Bertz CT molecular complexity index is 1820. The molecule has 11 heteroatoms. The molecule has 0 saturated carbocycles. The van der Waals surface area contributed by atoms with Crippen LogP contribution in [-0.4, -0.2) is 97.5 Å². The molecular weight excluding hydrogens is 658 g/mol. The number of esters is 1. The molecule has 0 bridgehead atoms. The summed E-state index contributed by atoms with van der Waals surface area (Å²) in [4.78, 5) is 44.9. The van der Waals surface area contributed by atoms with Gasteiger partial charge in [-0.2, -0.15) is 5.10 Å². The molecule has 52 heavy (non-hydrogen) atoms. The van der Waals surface area contributed by atoms with Crippen molar-refractivity contribution in [3.8, 4) is 28.4 Å². The van der Waals surface area contributed by atoms with E-state index in [0.29, 0.717) is 40.6 Å². The van der Waals surface area contributed by atoms with E-state index >= 15 is 0 Å². The molecule has 1 N–H and O–H groups in total. The fourth-order valence-electron chi connectivity index (χ4n) is 5.89. The molecule has 4 rings (SSSR count). The quantitative estimate of drug-likeness (QED) is 0.141. The lowest BCUT2D eigenvalue weighted by molar-refractivity contribution is -0.157. The average molecular weight is 712 g/mol. The number of ether oxygens (including phenoxy) is 3. The lowest BCUT2D eigenvalue weighted by Crippen LogP contribution is -2.45. The van der Waals surface area contributed by atoms with Gasteiger partial charge in [0.2, 0.25) is 0 Å². The fraction of sp³-hybridized carbons (Fsp3) is 0.415. The Labute approximate surface area is 307 Å². The third kappa shape index (κ3) is 10.00. The normalized spacial score (nSPS) is 12.1. The number of rotatable bonds is 15. The molecule has 0 aliphatic rings. The molecule has 278 valence electrons. The summed E-state index contributed by atoms with van der Waals surface area (Å²) < 4.78 is 18.9. The van der Waals surface area contributed by atoms with Crippen LogP contribution in [0, 0.1) is 0 Å². The first-order valence-corrected chi connectivity index (χ1v) is 17.6. The van der Waals surface area contributed by atoms with E-state index in [9.17, 15) is 14.4 Å². The number of hydrogen-bond donors (Lipinski definition) is 1. The maximum absolute atomic E-state index is 14.1. The minimum atomic E-state index is -0.977. The molecule has 1 heterocycles. The van der Waals surface area contributed by atoms with Crippen molar-refractivity contribution in [1.29, 1.82) is 0 Å². The molecule has 0 spiro atoms. The molecule has 2 amide bonds. The van der Waals surface area contributed by atoms with E-state index in [4.69, 9.17) is 19.3 Å². The van der Waals surface area contributed by atoms with E-state index in [1.165, 1.54) is 0 Å². The highest BCUT2D eigenvalue weighted by molar-refractivity contribution is 5.97. The van der Waals surface area contributed by atoms with Crippen LogP contribution in [0.25, 0.3) is 16.9 Å². The van der Waals surface area contributed by atoms with Crippen LogP contribution < -0.4 is 14.8 Å². The van der Waals surface area contributed by atoms with Gasteiger partial charge in [0.1, 0.15) is 23.1 Å². The van der Waals surface area contributed by atoms with E-state index in [1.807, 2.05) is 95.7 Å². The van der Waals surface area contributed by atoms with Gasteiger partial charge in [-0.15, -0.1) is 0 Å². The summed E-state index contributed by atoms with van der Waals surface area (Å²) in [7, 11) is 8.97. The number of hydrogen-bond acceptors (Lipinski definition) is 8. The third-order valence-corrected chi connectivity index (χ3v) is 8.48. The Morgan fingerprint density at radius 1 is 0.865 bits per heavy atom. The number of methoxy groups -OCH3 is 2. The fourth-order valence-corrected chi connectivity index (χ4v) is 5.89. The van der Waals surface area contributed by atoms with Crippen molar-refractivity contribution in [2.45, 2.75) is 65.0 Å². The van der Waals surface area contributed by atoms with Crippen molar-refractivity contribution in [2.24, 2.45) is 0 Å². The van der Waals surface area contributed by atoms with E-state index in [0.717, 1.165) is 24.1 Å². The maximum atomic E-state index is 14.1. The lowest BCUT2D eigenvalue weighted by atomic mass is 9.97. The van der Waals surface area contributed by atoms with Gasteiger partial charge in [-0.25, -0.2) is 9.48 Å². The molecule has 0 fully saturated rings. The number of nitrogens with zero attached hydrogens (tertiary/aromatic N) is 4. The lowest BCUT2D eigenvalue weighted by Gasteiger charge is -2.24. The molecule has 0 unspecified atom stereocenters. The standard InChI is InChI=1S/C41H53N5O6/c1-27(2)30-25-29(39(48)45(8)23-15-22-44(6)7)20-21-33(30)46-34(37-35(50-9)18-14-19-36(37)51-10)26-31(43-46)38(47)42-32(40(49)52-41(3,4)5)24-28-16-12-11-13-17-28/h11-14,16-21,25-27,32H,15,22-24H2,1-10H3,(H,42,47)/t32-/m0/s1. The van der Waals surface area contributed by atoms with Crippen molar-refractivity contribution in [2.75, 3.05) is 48.5 Å². The van der Waals surface area contributed by atoms with E-state index in [2.05, 4.69) is 10.2 Å². The second-order valence-electron chi connectivity index (χ2n) is 14.4. The molecule has 3 aromatic carbocycles. The summed E-state index contributed by atoms with van der Waals surface area (Å²) in [5.74, 6) is -0.174. The zero-order chi connectivity index (χ0) is 38.2. The Morgan fingerprint density at radius 2 is 1.52 bits per heavy atom. The largest absolute Gasteiger partial charge is 0.496 e. The van der Waals surface area contributed by atoms with Crippen molar-refractivity contribution in [3.63, 3.8) is 0 Å². The predicted octanol–water partition coefficient (Wildman–Crippen LogP) is 6.39. The second-order valence-corrected chi connectivity index (χ2v) is 14.4. The Hall–Kier alpha value is -5.16. The average Bonchev–Trinajstić information content (AvgIpc) is 3.54. The monoisotopic (exact) mass is 711 g/mol. The highest BCUT2D eigenvalue weighted by atomic mass is 16.6. The Morgan fingerprint density at radius 3 is 2.10 bits per heavy atom. The molecule has 11 nitrogen and oxygen atoms in total. The number of carbonyl (C=O) groups excluding carboxylic acids is 3. The first-order valence-electron chi connectivity index (χ1n) is 17.6. The SMILES string of the molecule is COc1cccc(OC)c1-c1cc(C(=O)N[C@@H](Cc2ccccc2)C(=O)OC(C)(C)C)nn1-c1ccc(C(=O)N(C)CCCN(C)C)cc1C(C)C. The number of aromatic nitrogens is 2. The third-order valence-electron chi connectivity index (χ3n) is 8.48. The Kier molecular flexibility index (Phi) is 13.2. The number of benzene rings is 3. The van der Waals surface area contributed by atoms with Gasteiger partial charge >= 0.3 is 5.97 Å². The Balaban J connectivity index is 1.83. The van der Waals surface area contributed by atoms with Crippen LogP contribution in [0.3, 0.4) is 0 Å². The van der Waals surface area contributed by atoms with Crippen LogP contribution in [0.4, 0.5) is 0 Å². The van der Waals surface area contributed by atoms with Crippen molar-refractivity contribution >= 4 is 17.8 Å². The van der Waals surface area contributed by atoms with E-state index in [1.54, 1.807) is 56.7 Å². The molecule has 0 aliphatic carbocycles. The summed E-state index contributed by atoms with van der Waals surface area (Å²) in [6.07, 6.45) is 1.08. The summed E-state index contributed by atoms with van der Waals surface area (Å²) >= 11 is 0. The van der Waals surface area contributed by atoms with Crippen molar-refractivity contribution in [3.05, 3.63) is 95.2 Å². The molecule has 1 atom stereocenters. The highest BCUT2D eigenvalue weighted by Gasteiger charge is 2.30. The first kappa shape index (κ1) is 39.6. The van der Waals surface area contributed by atoms with Crippen LogP contribution >= 0.6 is 0 Å². The van der Waals surface area contributed by atoms with Gasteiger partial charge in [0.25, 0.3) is 11.8 Å². The van der Waals surface area contributed by atoms with Crippen molar-refractivity contribution < 1.29 is 28.6 Å². The summed E-state index contributed by atoms with van der Waals surface area (Å²) in [6.45, 7) is 11.0. The minimum Gasteiger partial charge on any atom is -0.496 e. The zero-order valence-electron chi connectivity index (χ0n) is 32.1. The van der Waals surface area contributed by atoms with Crippen LogP contribution in [0.2, 0.25) is 0 Å². The summed E-state index contributed by atoms with van der Waals surface area (Å²) in [5.41, 5.74) is 3.38. The van der Waals surface area contributed by atoms with Gasteiger partial charge < -0.3 is 29.3 Å². The minimum absolute atomic E-state index is 0.0156. The zero-order valence-corrected chi connectivity index (χ0v) is 32.1. The van der Waals surface area contributed by atoms with Gasteiger partial charge in [0.05, 0.1) is 31.2 Å². The van der Waals surface area contributed by atoms with Gasteiger partial charge in [-0.05, 0) is 101 Å². The molecule has 0 radical (unpaired) electrons. The molecule has 1 aromatic heterocycles. The summed E-state index contributed by atoms with van der Waals surface area (Å²) in [6, 6.07) is 21.1. The van der Waals surface area contributed by atoms with Gasteiger partial charge in [-0.3, -0.25) is 9.59 Å². The maximum Gasteiger partial charge on any atom is 0.329 e. The molecule has 0 saturated heterocycles. The molecule has 4 aromatic rings. The van der Waals surface area contributed by atoms with Gasteiger partial charge in [-0.1, -0.05) is 50.2 Å². The van der Waals surface area contributed by atoms with Crippen LogP contribution in [0.15, 0.2) is 72.8 Å². The molecular formula is C41H53N5O6. The number of carbonyl (C=O) groups is 3. The smallest absolute Gasteiger partial charge is 0.329 e. The van der Waals surface area contributed by atoms with E-state index in [-0.39, 0.29) is 23.9 Å². The second kappa shape index (κ2) is 17.4. The predicted molar refractivity (Wildman–Crippen MR) is 204 cm³/mol. The number of nitrogens with one attached hydrogen (secondary N) is 1. The van der Waals surface area contributed by atoms with Crippen LogP contribution in [-0.2, 0) is 16.0 Å². The van der Waals surface area contributed by atoms with Crippen LogP contribution in [0.5, 0.6) is 11.5 Å². The van der Waals surface area contributed by atoms with Gasteiger partial charge in [0.15, 0.2) is 5.69 Å². The molecule has 0 aliphatic heterocycles. The van der Waals surface area contributed by atoms with E-state index < -0.39 is 23.5 Å². The topological polar surface area (TPSA) is 115 Å². The van der Waals surface area contributed by atoms with Gasteiger partial charge in [0, 0.05) is 25.6 Å². The summed E-state index contributed by atoms with van der Waals surface area (Å²) in [5, 5.41) is 7.75. The first-order chi connectivity index (χ1) is 24.6. The van der Waals surface area contributed by atoms with Crippen LogP contribution in [0.1, 0.15) is 78.9 Å². The number of amides is 2. The van der Waals surface area contributed by atoms with Crippen molar-refractivity contribution in [1.82, 2.24) is 24.9 Å².